The Bertz CT molecular complexity index is 201. The Kier molecular flexibility index (Phi) is 2.71. The van der Waals surface area contributed by atoms with Crippen LogP contribution in [0.4, 0.5) is 0 Å². The molecular formula is C11H18O. The highest BCUT2D eigenvalue weighted by molar-refractivity contribution is 5.59. The summed E-state index contributed by atoms with van der Waals surface area (Å²) in [6, 6.07) is 0. The van der Waals surface area contributed by atoms with Crippen molar-refractivity contribution in [3.63, 3.8) is 0 Å². The largest absolute Gasteiger partial charge is 0.303 e. The smallest absolute Gasteiger partial charge is 0.127 e. The number of aldehydes is 1. The number of carbonyl (C=O) groups excluding carboxylic acids is 1. The van der Waals surface area contributed by atoms with Crippen molar-refractivity contribution in [2.24, 2.45) is 11.3 Å². The molecule has 1 nitrogen and oxygen atoms in total. The van der Waals surface area contributed by atoms with Crippen molar-refractivity contribution in [2.75, 3.05) is 0 Å². The normalized spacial score (nSPS) is 27.9. The Balaban J connectivity index is 2.83. The van der Waals surface area contributed by atoms with Gasteiger partial charge in [-0.3, -0.25) is 0 Å². The molecule has 68 valence electrons. The van der Waals surface area contributed by atoms with Gasteiger partial charge < -0.3 is 4.79 Å². The number of allylic oxidation sites excluding steroid dienone is 2. The zero-order valence-corrected chi connectivity index (χ0v) is 8.26. The summed E-state index contributed by atoms with van der Waals surface area (Å²) in [4.78, 5) is 10.7. The van der Waals surface area contributed by atoms with Gasteiger partial charge in [-0.05, 0) is 24.7 Å². The topological polar surface area (TPSA) is 17.1 Å². The molecule has 0 N–H and O–H groups in total. The van der Waals surface area contributed by atoms with Crippen LogP contribution in [-0.2, 0) is 4.79 Å². The molecule has 1 aliphatic carbocycles. The predicted octanol–water partition coefficient (Wildman–Crippen LogP) is 2.96. The van der Waals surface area contributed by atoms with Crippen LogP contribution in [0, 0.1) is 11.3 Å². The third-order valence-electron chi connectivity index (χ3n) is 2.72. The molecule has 1 atom stereocenters. The number of rotatable bonds is 2. The van der Waals surface area contributed by atoms with Gasteiger partial charge in [0.05, 0.1) is 0 Å². The first-order valence-corrected chi connectivity index (χ1v) is 4.76. The molecule has 0 spiro atoms. The lowest BCUT2D eigenvalue weighted by Gasteiger charge is -2.30. The lowest BCUT2D eigenvalue weighted by atomic mass is 9.74. The van der Waals surface area contributed by atoms with E-state index >= 15 is 0 Å². The molecule has 1 unspecified atom stereocenters. The Labute approximate surface area is 74.9 Å². The van der Waals surface area contributed by atoms with E-state index in [1.807, 2.05) is 0 Å². The van der Waals surface area contributed by atoms with Gasteiger partial charge in [-0.1, -0.05) is 32.4 Å². The molecule has 1 rings (SSSR count). The number of hydrogen-bond donors (Lipinski definition) is 0. The van der Waals surface area contributed by atoms with Crippen molar-refractivity contribution in [3.8, 4) is 0 Å². The Morgan fingerprint density at radius 2 is 2.33 bits per heavy atom. The fourth-order valence-electron chi connectivity index (χ4n) is 1.91. The van der Waals surface area contributed by atoms with Crippen LogP contribution >= 0.6 is 0 Å². The van der Waals surface area contributed by atoms with Crippen LogP contribution in [0.15, 0.2) is 11.6 Å². The summed E-state index contributed by atoms with van der Waals surface area (Å²) in [5, 5.41) is 0. The fraction of sp³-hybridized carbons (Fsp3) is 0.727. The first-order valence-electron chi connectivity index (χ1n) is 4.76. The summed E-state index contributed by atoms with van der Waals surface area (Å²) in [6.45, 7) is 6.61. The van der Waals surface area contributed by atoms with E-state index in [2.05, 4.69) is 26.8 Å². The number of hydrogen-bond acceptors (Lipinski definition) is 1. The van der Waals surface area contributed by atoms with Crippen LogP contribution in [0.2, 0.25) is 0 Å². The van der Waals surface area contributed by atoms with Crippen LogP contribution < -0.4 is 0 Å². The molecule has 1 aliphatic rings. The molecule has 0 saturated heterocycles. The van der Waals surface area contributed by atoms with Crippen molar-refractivity contribution < 1.29 is 4.79 Å². The van der Waals surface area contributed by atoms with Gasteiger partial charge in [0.15, 0.2) is 0 Å². The first-order chi connectivity index (χ1) is 5.59. The average Bonchev–Trinajstić information content (AvgIpc) is 2.03. The van der Waals surface area contributed by atoms with Gasteiger partial charge in [-0.2, -0.15) is 0 Å². The second kappa shape index (κ2) is 3.42. The molecule has 0 aromatic carbocycles. The van der Waals surface area contributed by atoms with Gasteiger partial charge in [-0.25, -0.2) is 0 Å². The van der Waals surface area contributed by atoms with Crippen LogP contribution in [-0.4, -0.2) is 6.29 Å². The van der Waals surface area contributed by atoms with E-state index in [1.54, 1.807) is 0 Å². The molecule has 0 radical (unpaired) electrons. The maximum atomic E-state index is 10.7. The zero-order chi connectivity index (χ0) is 9.19. The van der Waals surface area contributed by atoms with Gasteiger partial charge in [-0.15, -0.1) is 0 Å². The second-order valence-corrected chi connectivity index (χ2v) is 4.34. The lowest BCUT2D eigenvalue weighted by molar-refractivity contribution is -0.110. The highest BCUT2D eigenvalue weighted by Crippen LogP contribution is 2.36. The van der Waals surface area contributed by atoms with E-state index in [-0.39, 0.29) is 5.92 Å². The Morgan fingerprint density at radius 1 is 1.67 bits per heavy atom. The third kappa shape index (κ3) is 1.96. The minimum Gasteiger partial charge on any atom is -0.303 e. The molecule has 12 heavy (non-hydrogen) atoms. The van der Waals surface area contributed by atoms with Gasteiger partial charge in [0, 0.05) is 5.92 Å². The van der Waals surface area contributed by atoms with E-state index < -0.39 is 0 Å². The zero-order valence-electron chi connectivity index (χ0n) is 8.26. The molecule has 0 heterocycles. The summed E-state index contributed by atoms with van der Waals surface area (Å²) in [5.41, 5.74) is 1.64. The maximum absolute atomic E-state index is 10.7. The summed E-state index contributed by atoms with van der Waals surface area (Å²) < 4.78 is 0. The monoisotopic (exact) mass is 166 g/mol. The SMILES string of the molecule is CCC1=CC(C)(C)CCC1C=O. The summed E-state index contributed by atoms with van der Waals surface area (Å²) >= 11 is 0. The number of carbonyl (C=O) groups is 1. The van der Waals surface area contributed by atoms with E-state index in [0.717, 1.165) is 25.5 Å². The van der Waals surface area contributed by atoms with E-state index in [0.29, 0.717) is 5.41 Å². The Morgan fingerprint density at radius 3 is 2.83 bits per heavy atom. The Hall–Kier alpha value is -0.590. The van der Waals surface area contributed by atoms with Crippen LogP contribution in [0.5, 0.6) is 0 Å². The average molecular weight is 166 g/mol. The third-order valence-corrected chi connectivity index (χ3v) is 2.72. The summed E-state index contributed by atoms with van der Waals surface area (Å²) in [6.07, 6.45) is 6.59. The molecule has 0 amide bonds. The quantitative estimate of drug-likeness (QED) is 0.455. The molecule has 0 aromatic heterocycles. The molecular weight excluding hydrogens is 148 g/mol. The summed E-state index contributed by atoms with van der Waals surface area (Å²) in [5.74, 6) is 0.211. The minimum absolute atomic E-state index is 0.211. The van der Waals surface area contributed by atoms with Crippen LogP contribution in [0.3, 0.4) is 0 Å². The first kappa shape index (κ1) is 9.50. The molecule has 0 aromatic rings. The van der Waals surface area contributed by atoms with Crippen LogP contribution in [0.1, 0.15) is 40.0 Å². The van der Waals surface area contributed by atoms with E-state index in [9.17, 15) is 4.79 Å². The molecule has 0 aliphatic heterocycles. The van der Waals surface area contributed by atoms with E-state index in [4.69, 9.17) is 0 Å². The lowest BCUT2D eigenvalue weighted by Crippen LogP contribution is -2.20. The minimum atomic E-state index is 0.211. The molecule has 0 fully saturated rings. The van der Waals surface area contributed by atoms with Crippen molar-refractivity contribution in [3.05, 3.63) is 11.6 Å². The van der Waals surface area contributed by atoms with Gasteiger partial charge in [0.1, 0.15) is 6.29 Å². The molecule has 0 bridgehead atoms. The van der Waals surface area contributed by atoms with Gasteiger partial charge >= 0.3 is 0 Å². The maximum Gasteiger partial charge on any atom is 0.127 e. The van der Waals surface area contributed by atoms with Crippen molar-refractivity contribution in [1.29, 1.82) is 0 Å². The van der Waals surface area contributed by atoms with Crippen molar-refractivity contribution >= 4 is 6.29 Å². The van der Waals surface area contributed by atoms with Crippen molar-refractivity contribution in [1.82, 2.24) is 0 Å². The van der Waals surface area contributed by atoms with Gasteiger partial charge in [0.2, 0.25) is 0 Å². The fourth-order valence-corrected chi connectivity index (χ4v) is 1.91. The van der Waals surface area contributed by atoms with E-state index in [1.165, 1.54) is 5.57 Å². The second-order valence-electron chi connectivity index (χ2n) is 4.34. The standard InChI is InChI=1S/C11H18O/c1-4-9-7-11(2,3)6-5-10(9)8-12/h7-8,10H,4-6H2,1-3H3. The van der Waals surface area contributed by atoms with Crippen molar-refractivity contribution in [2.45, 2.75) is 40.0 Å². The molecule has 1 heteroatoms. The molecule has 0 saturated carbocycles. The van der Waals surface area contributed by atoms with Gasteiger partial charge in [0.25, 0.3) is 0 Å². The predicted molar refractivity (Wildman–Crippen MR) is 50.9 cm³/mol. The highest BCUT2D eigenvalue weighted by atomic mass is 16.1. The van der Waals surface area contributed by atoms with Crippen LogP contribution in [0.25, 0.3) is 0 Å². The summed E-state index contributed by atoms with van der Waals surface area (Å²) in [7, 11) is 0. The highest BCUT2D eigenvalue weighted by Gasteiger charge is 2.25.